The Balaban J connectivity index is 2.21. The lowest BCUT2D eigenvalue weighted by Gasteiger charge is -2.11. The van der Waals surface area contributed by atoms with Gasteiger partial charge >= 0.3 is 5.97 Å². The molecule has 2 aromatic rings. The van der Waals surface area contributed by atoms with Crippen LogP contribution in [-0.2, 0) is 27.1 Å². The molecule has 5 nitrogen and oxygen atoms in total. The average molecular weight is 365 g/mol. The number of benzene rings is 2. The Morgan fingerprint density at radius 3 is 2.46 bits per heavy atom. The molecule has 128 valence electrons. The zero-order valence-electron chi connectivity index (χ0n) is 13.5. The maximum Gasteiger partial charge on any atom is 0.338 e. The van der Waals surface area contributed by atoms with Crippen LogP contribution < -0.4 is 4.72 Å². The van der Waals surface area contributed by atoms with Gasteiger partial charge in [-0.3, -0.25) is 0 Å². The van der Waals surface area contributed by atoms with E-state index in [1.807, 2.05) is 36.4 Å². The minimum absolute atomic E-state index is 0.180. The van der Waals surface area contributed by atoms with Gasteiger partial charge in [0.15, 0.2) is 0 Å². The van der Waals surface area contributed by atoms with Crippen molar-refractivity contribution in [3.05, 3.63) is 65.2 Å². The van der Waals surface area contributed by atoms with Crippen LogP contribution in [0.5, 0.6) is 0 Å². The van der Waals surface area contributed by atoms with E-state index in [4.69, 9.17) is 4.74 Å². The molecule has 1 N–H and O–H groups in total. The second kappa shape index (κ2) is 8.32. The van der Waals surface area contributed by atoms with Crippen LogP contribution in [0.25, 0.3) is 0 Å². The molecule has 0 aromatic heterocycles. The zero-order chi connectivity index (χ0) is 17.6. The number of ether oxygens (including phenoxy) is 1. The molecule has 0 radical (unpaired) electrons. The van der Waals surface area contributed by atoms with E-state index in [1.165, 1.54) is 18.9 Å². The summed E-state index contributed by atoms with van der Waals surface area (Å²) in [5.41, 5.74) is 2.39. The SMILES string of the molecule is COC(=O)c1ccc(CNS(C)(=O)=O)cc1SCc1ccccc1. The maximum absolute atomic E-state index is 11.9. The molecule has 0 saturated heterocycles. The van der Waals surface area contributed by atoms with Crippen molar-refractivity contribution in [2.75, 3.05) is 13.4 Å². The molecule has 0 unspecified atom stereocenters. The fourth-order valence-electron chi connectivity index (χ4n) is 2.02. The van der Waals surface area contributed by atoms with Crippen molar-refractivity contribution in [2.45, 2.75) is 17.2 Å². The molecule has 24 heavy (non-hydrogen) atoms. The van der Waals surface area contributed by atoms with E-state index < -0.39 is 16.0 Å². The van der Waals surface area contributed by atoms with E-state index in [2.05, 4.69) is 4.72 Å². The summed E-state index contributed by atoms with van der Waals surface area (Å²) in [4.78, 5) is 12.7. The van der Waals surface area contributed by atoms with Crippen molar-refractivity contribution >= 4 is 27.8 Å². The van der Waals surface area contributed by atoms with E-state index in [9.17, 15) is 13.2 Å². The van der Waals surface area contributed by atoms with Crippen molar-refractivity contribution < 1.29 is 17.9 Å². The Morgan fingerprint density at radius 1 is 1.12 bits per heavy atom. The number of rotatable bonds is 7. The molecule has 0 bridgehead atoms. The van der Waals surface area contributed by atoms with Gasteiger partial charge < -0.3 is 4.74 Å². The van der Waals surface area contributed by atoms with Crippen LogP contribution in [0.4, 0.5) is 0 Å². The summed E-state index contributed by atoms with van der Waals surface area (Å²) in [6, 6.07) is 15.1. The maximum atomic E-state index is 11.9. The molecular weight excluding hydrogens is 346 g/mol. The minimum atomic E-state index is -3.27. The van der Waals surface area contributed by atoms with Gasteiger partial charge in [0.2, 0.25) is 10.0 Å². The lowest BCUT2D eigenvalue weighted by Crippen LogP contribution is -2.21. The first-order valence-corrected chi connectivity index (χ1v) is 10.1. The van der Waals surface area contributed by atoms with Gasteiger partial charge in [-0.1, -0.05) is 36.4 Å². The Labute approximate surface area is 146 Å². The topological polar surface area (TPSA) is 72.5 Å². The van der Waals surface area contributed by atoms with E-state index in [-0.39, 0.29) is 6.54 Å². The monoisotopic (exact) mass is 365 g/mol. The molecule has 2 aromatic carbocycles. The third-order valence-electron chi connectivity index (χ3n) is 3.23. The Kier molecular flexibility index (Phi) is 6.42. The fourth-order valence-corrected chi connectivity index (χ4v) is 3.51. The van der Waals surface area contributed by atoms with Gasteiger partial charge in [0.1, 0.15) is 0 Å². The highest BCUT2D eigenvalue weighted by atomic mass is 32.2. The number of thioether (sulfide) groups is 1. The molecule has 0 saturated carbocycles. The van der Waals surface area contributed by atoms with E-state index in [0.717, 1.165) is 22.3 Å². The number of esters is 1. The average Bonchev–Trinajstić information content (AvgIpc) is 2.58. The largest absolute Gasteiger partial charge is 0.465 e. The Bertz CT molecular complexity index is 805. The summed E-state index contributed by atoms with van der Waals surface area (Å²) >= 11 is 1.51. The van der Waals surface area contributed by atoms with Crippen LogP contribution in [0.3, 0.4) is 0 Å². The number of hydrogen-bond donors (Lipinski definition) is 1. The van der Waals surface area contributed by atoms with E-state index in [1.54, 1.807) is 12.1 Å². The quantitative estimate of drug-likeness (QED) is 0.603. The van der Waals surface area contributed by atoms with Gasteiger partial charge in [0, 0.05) is 17.2 Å². The molecule has 0 heterocycles. The van der Waals surface area contributed by atoms with Crippen LogP contribution in [0.1, 0.15) is 21.5 Å². The molecule has 0 aliphatic heterocycles. The molecule has 7 heteroatoms. The predicted octanol–water partition coefficient (Wildman–Crippen LogP) is 2.81. The van der Waals surface area contributed by atoms with Crippen LogP contribution in [0.2, 0.25) is 0 Å². The molecule has 0 spiro atoms. The summed E-state index contributed by atoms with van der Waals surface area (Å²) in [6.45, 7) is 0.180. The molecule has 0 fully saturated rings. The number of hydrogen-bond acceptors (Lipinski definition) is 5. The number of sulfonamides is 1. The molecule has 2 rings (SSSR count). The van der Waals surface area contributed by atoms with Gasteiger partial charge in [-0.15, -0.1) is 11.8 Å². The fraction of sp³-hybridized carbons (Fsp3) is 0.235. The Hall–Kier alpha value is -1.83. The van der Waals surface area contributed by atoms with E-state index in [0.29, 0.717) is 11.3 Å². The van der Waals surface area contributed by atoms with Gasteiger partial charge in [-0.25, -0.2) is 17.9 Å². The second-order valence-electron chi connectivity index (χ2n) is 5.19. The lowest BCUT2D eigenvalue weighted by atomic mass is 10.1. The summed E-state index contributed by atoms with van der Waals surface area (Å²) in [6.07, 6.45) is 1.11. The van der Waals surface area contributed by atoms with Crippen molar-refractivity contribution in [1.82, 2.24) is 4.72 Å². The number of carbonyl (C=O) groups is 1. The number of methoxy groups -OCH3 is 1. The first kappa shape index (κ1) is 18.5. The van der Waals surface area contributed by atoms with Gasteiger partial charge in [0.25, 0.3) is 0 Å². The summed E-state index contributed by atoms with van der Waals surface area (Å²) in [5.74, 6) is 0.293. The standard InChI is InChI=1S/C17H19NO4S2/c1-22-17(19)15-9-8-14(11-18-24(2,20)21)10-16(15)23-12-13-6-4-3-5-7-13/h3-10,18H,11-12H2,1-2H3. The summed E-state index contributed by atoms with van der Waals surface area (Å²) in [5, 5.41) is 0. The van der Waals surface area contributed by atoms with Crippen LogP contribution >= 0.6 is 11.8 Å². The van der Waals surface area contributed by atoms with Crippen LogP contribution in [-0.4, -0.2) is 27.8 Å². The van der Waals surface area contributed by atoms with Crippen molar-refractivity contribution in [1.29, 1.82) is 0 Å². The summed E-state index contributed by atoms with van der Waals surface area (Å²) < 4.78 is 29.7. The molecule has 0 atom stereocenters. The lowest BCUT2D eigenvalue weighted by molar-refractivity contribution is 0.0596. The number of carbonyl (C=O) groups excluding carboxylic acids is 1. The first-order chi connectivity index (χ1) is 11.4. The predicted molar refractivity (Wildman–Crippen MR) is 95.5 cm³/mol. The van der Waals surface area contributed by atoms with Crippen LogP contribution in [0, 0.1) is 0 Å². The second-order valence-corrected chi connectivity index (χ2v) is 8.04. The highest BCUT2D eigenvalue weighted by molar-refractivity contribution is 7.98. The third-order valence-corrected chi connectivity index (χ3v) is 5.02. The molecule has 0 aliphatic carbocycles. The van der Waals surface area contributed by atoms with Gasteiger partial charge in [-0.05, 0) is 23.3 Å². The van der Waals surface area contributed by atoms with Crippen molar-refractivity contribution in [3.63, 3.8) is 0 Å². The third kappa shape index (κ3) is 5.67. The normalized spacial score (nSPS) is 11.2. The first-order valence-electron chi connectivity index (χ1n) is 7.21. The van der Waals surface area contributed by atoms with Gasteiger partial charge in [0.05, 0.1) is 18.9 Å². The zero-order valence-corrected chi connectivity index (χ0v) is 15.1. The van der Waals surface area contributed by atoms with Gasteiger partial charge in [-0.2, -0.15) is 0 Å². The molecule has 0 aliphatic rings. The Morgan fingerprint density at radius 2 is 1.83 bits per heavy atom. The smallest absolute Gasteiger partial charge is 0.338 e. The van der Waals surface area contributed by atoms with Crippen LogP contribution in [0.15, 0.2) is 53.4 Å². The highest BCUT2D eigenvalue weighted by Gasteiger charge is 2.14. The summed E-state index contributed by atoms with van der Waals surface area (Å²) in [7, 11) is -1.93. The number of nitrogens with one attached hydrogen (secondary N) is 1. The van der Waals surface area contributed by atoms with Crippen molar-refractivity contribution in [3.8, 4) is 0 Å². The minimum Gasteiger partial charge on any atom is -0.465 e. The molecular formula is C17H19NO4S2. The van der Waals surface area contributed by atoms with E-state index >= 15 is 0 Å². The highest BCUT2D eigenvalue weighted by Crippen LogP contribution is 2.28. The van der Waals surface area contributed by atoms with Crippen molar-refractivity contribution in [2.24, 2.45) is 0 Å². The molecule has 0 amide bonds.